The maximum Gasteiger partial charge on any atom is 0.333 e. The normalized spacial score (nSPS) is 12.5. The van der Waals surface area contributed by atoms with Crippen LogP contribution in [0, 0.1) is 11.6 Å². The Kier molecular flexibility index (Phi) is 7.57. The number of halogens is 3. The molecule has 206 valence electrons. The van der Waals surface area contributed by atoms with Gasteiger partial charge >= 0.3 is 5.69 Å². The van der Waals surface area contributed by atoms with Gasteiger partial charge in [0.25, 0.3) is 15.6 Å². The molecule has 3 aromatic carbocycles. The van der Waals surface area contributed by atoms with E-state index >= 15 is 0 Å². The lowest BCUT2D eigenvalue weighted by Crippen LogP contribution is -2.34. The number of aliphatic hydroxyl groups excluding tert-OH is 1. The number of aliphatic hydroxyl groups is 1. The largest absolute Gasteiger partial charge is 0.381 e. The fraction of sp³-hybridized carbons (Fsp3) is 0.0769. The molecule has 14 heteroatoms. The van der Waals surface area contributed by atoms with Gasteiger partial charge in [0.15, 0.2) is 0 Å². The Morgan fingerprint density at radius 2 is 1.75 bits per heavy atom. The van der Waals surface area contributed by atoms with E-state index in [0.29, 0.717) is 12.2 Å². The van der Waals surface area contributed by atoms with Crippen molar-refractivity contribution in [3.05, 3.63) is 121 Å². The Morgan fingerprint density at radius 1 is 1.00 bits per heavy atom. The molecule has 0 fully saturated rings. The van der Waals surface area contributed by atoms with Gasteiger partial charge in [-0.15, -0.1) is 11.3 Å². The molecular formula is C26H19ClF2N4O5S2. The summed E-state index contributed by atoms with van der Waals surface area (Å²) < 4.78 is 55.7. The Morgan fingerprint density at radius 3 is 2.42 bits per heavy atom. The summed E-state index contributed by atoms with van der Waals surface area (Å²) in [5.41, 5.74) is -0.440. The maximum absolute atomic E-state index is 15.0. The van der Waals surface area contributed by atoms with E-state index < -0.39 is 38.9 Å². The van der Waals surface area contributed by atoms with Gasteiger partial charge in [-0.25, -0.2) is 26.6 Å². The van der Waals surface area contributed by atoms with Crippen LogP contribution in [0.2, 0.25) is 4.34 Å². The van der Waals surface area contributed by atoms with E-state index in [1.807, 2.05) is 4.72 Å². The van der Waals surface area contributed by atoms with Crippen molar-refractivity contribution in [1.29, 1.82) is 0 Å². The van der Waals surface area contributed by atoms with Crippen molar-refractivity contribution in [2.24, 2.45) is 0 Å². The van der Waals surface area contributed by atoms with Crippen molar-refractivity contribution in [2.75, 3.05) is 5.32 Å². The second kappa shape index (κ2) is 10.9. The van der Waals surface area contributed by atoms with E-state index in [9.17, 15) is 31.9 Å². The number of sulfonamides is 1. The lowest BCUT2D eigenvalue weighted by Gasteiger charge is -2.15. The fourth-order valence-electron chi connectivity index (χ4n) is 3.96. The molecule has 0 saturated heterocycles. The molecule has 0 bridgehead atoms. The van der Waals surface area contributed by atoms with E-state index in [1.165, 1.54) is 36.4 Å². The van der Waals surface area contributed by atoms with E-state index in [4.69, 9.17) is 11.6 Å². The zero-order valence-electron chi connectivity index (χ0n) is 20.2. The first kappa shape index (κ1) is 27.7. The third-order valence-electron chi connectivity index (χ3n) is 5.92. The number of nitrogens with one attached hydrogen (secondary N) is 3. The van der Waals surface area contributed by atoms with Gasteiger partial charge in [0, 0.05) is 17.8 Å². The minimum Gasteiger partial charge on any atom is -0.381 e. The lowest BCUT2D eigenvalue weighted by molar-refractivity contribution is 0.162. The topological polar surface area (TPSA) is 133 Å². The quantitative estimate of drug-likeness (QED) is 0.196. The molecule has 0 aliphatic rings. The maximum atomic E-state index is 15.0. The van der Waals surface area contributed by atoms with Crippen molar-refractivity contribution < 1.29 is 22.3 Å². The van der Waals surface area contributed by atoms with Gasteiger partial charge in [-0.2, -0.15) is 4.72 Å². The molecule has 2 aromatic heterocycles. The molecule has 1 atom stereocenters. The van der Waals surface area contributed by atoms with Crippen molar-refractivity contribution in [3.8, 4) is 5.69 Å². The summed E-state index contributed by atoms with van der Waals surface area (Å²) in [5, 5.41) is 13.6. The predicted molar refractivity (Wildman–Crippen MR) is 148 cm³/mol. The third kappa shape index (κ3) is 5.69. The fourth-order valence-corrected chi connectivity index (χ4v) is 6.51. The summed E-state index contributed by atoms with van der Waals surface area (Å²) in [6.07, 6.45) is -1.95. The summed E-state index contributed by atoms with van der Waals surface area (Å²) in [6, 6.07) is 16.4. The first-order chi connectivity index (χ1) is 19.0. The lowest BCUT2D eigenvalue weighted by atomic mass is 10.1. The molecule has 0 amide bonds. The van der Waals surface area contributed by atoms with Crippen molar-refractivity contribution in [3.63, 3.8) is 0 Å². The second-order valence-corrected chi connectivity index (χ2v) is 12.3. The number of fused-ring (bicyclic) bond motifs is 1. The van der Waals surface area contributed by atoms with Gasteiger partial charge in [-0.3, -0.25) is 4.79 Å². The summed E-state index contributed by atoms with van der Waals surface area (Å²) in [5.74, 6) is -1.40. The monoisotopic (exact) mass is 604 g/mol. The molecule has 2 heterocycles. The number of aromatic nitrogens is 2. The van der Waals surface area contributed by atoms with Crippen LogP contribution in [-0.2, 0) is 16.6 Å². The summed E-state index contributed by atoms with van der Waals surface area (Å²) in [4.78, 5) is 28.6. The van der Waals surface area contributed by atoms with Gasteiger partial charge in [-0.1, -0.05) is 23.7 Å². The number of aromatic amines is 1. The Hall–Kier alpha value is -3.88. The molecule has 0 aliphatic heterocycles. The number of nitrogens with zero attached hydrogens (tertiary/aromatic N) is 1. The highest BCUT2D eigenvalue weighted by atomic mass is 35.5. The second-order valence-electron chi connectivity index (χ2n) is 8.60. The van der Waals surface area contributed by atoms with Crippen LogP contribution in [0.25, 0.3) is 16.6 Å². The van der Waals surface area contributed by atoms with Crippen molar-refractivity contribution in [2.45, 2.75) is 17.0 Å². The summed E-state index contributed by atoms with van der Waals surface area (Å²) in [7, 11) is -4.19. The van der Waals surface area contributed by atoms with E-state index in [1.54, 1.807) is 24.3 Å². The predicted octanol–water partition coefficient (Wildman–Crippen LogP) is 4.25. The molecule has 0 radical (unpaired) electrons. The molecule has 0 saturated carbocycles. The minimum atomic E-state index is -4.19. The molecule has 1 unspecified atom stereocenters. The first-order valence-electron chi connectivity index (χ1n) is 11.5. The number of thiophene rings is 1. The number of benzene rings is 3. The van der Waals surface area contributed by atoms with Crippen LogP contribution in [0.3, 0.4) is 0 Å². The van der Waals surface area contributed by atoms with Gasteiger partial charge in [0.2, 0.25) is 0 Å². The van der Waals surface area contributed by atoms with Gasteiger partial charge in [0.1, 0.15) is 22.1 Å². The number of hydrogen-bond acceptors (Lipinski definition) is 7. The minimum absolute atomic E-state index is 0.131. The Labute approximate surface area is 234 Å². The van der Waals surface area contributed by atoms with E-state index in [0.717, 1.165) is 33.6 Å². The SMILES string of the molecule is O=c1[nH]c2cc(NCc3ccc(F)cc3)ccc2c(=O)n1-c1ccc(C(O)NS(=O)(=O)c2ccc(Cl)s2)c(F)c1. The van der Waals surface area contributed by atoms with Crippen LogP contribution in [0.15, 0.2) is 86.6 Å². The van der Waals surface area contributed by atoms with Crippen LogP contribution in [0.5, 0.6) is 0 Å². The van der Waals surface area contributed by atoms with Crippen molar-refractivity contribution >= 4 is 49.6 Å². The molecular weight excluding hydrogens is 586 g/mol. The zero-order valence-corrected chi connectivity index (χ0v) is 22.6. The van der Waals surface area contributed by atoms with Crippen LogP contribution in [0.4, 0.5) is 14.5 Å². The molecule has 0 aliphatic carbocycles. The highest BCUT2D eigenvalue weighted by molar-refractivity contribution is 7.91. The molecule has 40 heavy (non-hydrogen) atoms. The van der Waals surface area contributed by atoms with E-state index in [2.05, 4.69) is 10.3 Å². The molecule has 5 rings (SSSR count). The highest BCUT2D eigenvalue weighted by Crippen LogP contribution is 2.27. The summed E-state index contributed by atoms with van der Waals surface area (Å²) >= 11 is 6.53. The van der Waals surface area contributed by atoms with E-state index in [-0.39, 0.29) is 31.0 Å². The van der Waals surface area contributed by atoms with Gasteiger partial charge in [0.05, 0.1) is 20.9 Å². The van der Waals surface area contributed by atoms with Gasteiger partial charge in [-0.05, 0) is 66.2 Å². The van der Waals surface area contributed by atoms with Gasteiger partial charge < -0.3 is 15.4 Å². The average Bonchev–Trinajstić information content (AvgIpc) is 3.35. The highest BCUT2D eigenvalue weighted by Gasteiger charge is 2.24. The van der Waals surface area contributed by atoms with Crippen LogP contribution in [0.1, 0.15) is 17.4 Å². The number of hydrogen-bond donors (Lipinski definition) is 4. The van der Waals surface area contributed by atoms with Crippen LogP contribution < -0.4 is 21.3 Å². The third-order valence-corrected chi connectivity index (χ3v) is 9.06. The first-order valence-corrected chi connectivity index (χ1v) is 14.2. The molecule has 0 spiro atoms. The smallest absolute Gasteiger partial charge is 0.333 e. The Bertz CT molecular complexity index is 1960. The van der Waals surface area contributed by atoms with Crippen LogP contribution in [-0.4, -0.2) is 23.1 Å². The van der Waals surface area contributed by atoms with Crippen molar-refractivity contribution in [1.82, 2.24) is 14.3 Å². The average molecular weight is 605 g/mol. The molecule has 9 nitrogen and oxygen atoms in total. The number of anilines is 1. The molecule has 5 aromatic rings. The standard InChI is InChI=1S/C26H19ClF2N4O5S2/c27-22-9-10-23(39-22)40(37,38)32-24(34)18-8-6-17(12-20(18)29)33-25(35)19-7-5-16(11-21(19)31-26(33)36)30-13-14-1-3-15(28)4-2-14/h1-12,24,30,32,34H,13H2,(H,31,36). The molecule has 4 N–H and O–H groups in total. The Balaban J connectivity index is 1.40. The zero-order chi connectivity index (χ0) is 28.6. The van der Waals surface area contributed by atoms with Crippen LogP contribution >= 0.6 is 22.9 Å². The number of H-pyrrole nitrogens is 1. The number of rotatable bonds is 8. The summed E-state index contributed by atoms with van der Waals surface area (Å²) in [6.45, 7) is 0.377.